The summed E-state index contributed by atoms with van der Waals surface area (Å²) in [6, 6.07) is 0. The number of hydrogen-bond acceptors (Lipinski definition) is 4. The van der Waals surface area contributed by atoms with E-state index in [-0.39, 0.29) is 0 Å². The highest BCUT2D eigenvalue weighted by Crippen LogP contribution is 2.58. The molecule has 5 aliphatic rings. The Morgan fingerprint density at radius 2 is 0.621 bits per heavy atom. The fraction of sp³-hybridized carbons (Fsp3) is 0.375. The van der Waals surface area contributed by atoms with Crippen molar-refractivity contribution in [1.29, 1.82) is 0 Å². The Kier molecular flexibility index (Phi) is 12.3. The third-order valence-corrected chi connectivity index (χ3v) is 10.6. The van der Waals surface area contributed by atoms with Gasteiger partial charge in [-0.1, -0.05) is 0 Å². The minimum atomic E-state index is -7.55. The molecular weight excluding hydrogens is 1230 g/mol. The van der Waals surface area contributed by atoms with Gasteiger partial charge in [0.1, 0.15) is 0 Å². The van der Waals surface area contributed by atoms with E-state index in [9.17, 15) is 87.8 Å². The van der Waals surface area contributed by atoms with Crippen LogP contribution < -0.4 is 0 Å². The molecule has 4 nitrogen and oxygen atoms in total. The van der Waals surface area contributed by atoms with Crippen LogP contribution >= 0.6 is 45.2 Å². The van der Waals surface area contributed by atoms with Crippen LogP contribution in [-0.4, -0.2) is 94.9 Å². The molecule has 0 saturated carbocycles. The lowest BCUT2D eigenvalue weighted by atomic mass is 9.95. The third kappa shape index (κ3) is 7.61. The highest BCUT2D eigenvalue weighted by Gasteiger charge is 2.79. The molecule has 0 aromatic rings. The first-order chi connectivity index (χ1) is 29.2. The van der Waals surface area contributed by atoms with Gasteiger partial charge in [-0.2, -0.15) is 123 Å². The summed E-state index contributed by atoms with van der Waals surface area (Å²) < 4.78 is 403. The van der Waals surface area contributed by atoms with Crippen molar-refractivity contribution < 1.29 is 123 Å². The Morgan fingerprint density at radius 1 is 0.303 bits per heavy atom. The molecule has 0 radical (unpaired) electrons. The summed E-state index contributed by atoms with van der Waals surface area (Å²) in [5, 5.41) is 0. The molecule has 0 N–H and O–H groups in total. The van der Waals surface area contributed by atoms with E-state index in [0.717, 1.165) is 0 Å². The number of halogens is 30. The lowest BCUT2D eigenvalue weighted by molar-refractivity contribution is -0.343. The van der Waals surface area contributed by atoms with Crippen molar-refractivity contribution >= 4 is 68.0 Å². The van der Waals surface area contributed by atoms with Gasteiger partial charge in [0, 0.05) is 7.16 Å². The summed E-state index contributed by atoms with van der Waals surface area (Å²) in [7, 11) is 0. The molecule has 0 spiro atoms. The number of fused-ring (bicyclic) bond motifs is 4. The standard InChI is InChI=1S/C32H6F28I2N4/c33-21(34,25(41,42)29(49,50)51)15-9-1-2-10(63-9)16(22(35,36)26(43,44)30(52,53)54)14-6-8(62)20(66-14)18(24(39,40)28(47,48)32(58,59)60)12-4-3-11(64-12)17(19-7(61)5-13(15)65-19)23(37,38)27(45,46)31(55,56)57/h1-6H. The van der Waals surface area contributed by atoms with Gasteiger partial charge in [-0.05, 0) is 81.6 Å². The summed E-state index contributed by atoms with van der Waals surface area (Å²) in [5.41, 5.74) is -32.6. The number of rotatable bonds is 8. The Bertz CT molecular complexity index is 2540. The van der Waals surface area contributed by atoms with Gasteiger partial charge in [-0.3, -0.25) is 0 Å². The van der Waals surface area contributed by atoms with Crippen LogP contribution in [0.4, 0.5) is 123 Å². The van der Waals surface area contributed by atoms with Gasteiger partial charge >= 0.3 is 72.1 Å². The normalized spacial score (nSPS) is 20.2. The maximum absolute atomic E-state index is 15.8. The lowest BCUT2D eigenvalue weighted by Gasteiger charge is -2.31. The number of allylic oxidation sites excluding steroid dienone is 12. The fourth-order valence-electron chi connectivity index (χ4n) is 5.78. The summed E-state index contributed by atoms with van der Waals surface area (Å²) in [6.45, 7) is 0. The molecular formula is C32H6F28I2N4. The zero-order valence-corrected chi connectivity index (χ0v) is 33.9. The van der Waals surface area contributed by atoms with Crippen molar-refractivity contribution in [2.45, 2.75) is 72.1 Å². The van der Waals surface area contributed by atoms with Crippen molar-refractivity contribution in [3.8, 4) is 0 Å². The molecule has 0 atom stereocenters. The van der Waals surface area contributed by atoms with Crippen LogP contribution in [0.2, 0.25) is 0 Å². The van der Waals surface area contributed by atoms with E-state index in [2.05, 4.69) is 20.0 Å². The van der Waals surface area contributed by atoms with Gasteiger partial charge in [0.05, 0.1) is 67.9 Å². The monoisotopic (exact) mass is 1230 g/mol. The Balaban J connectivity index is 2.15. The van der Waals surface area contributed by atoms with Crippen LogP contribution in [0, 0.1) is 0 Å². The van der Waals surface area contributed by atoms with Crippen molar-refractivity contribution in [2.24, 2.45) is 20.0 Å². The number of nitrogens with zero attached hydrogens (tertiary/aromatic N) is 4. The smallest absolute Gasteiger partial charge is 0.248 e. The van der Waals surface area contributed by atoms with Gasteiger partial charge in [0.2, 0.25) is 0 Å². The van der Waals surface area contributed by atoms with Crippen molar-refractivity contribution in [2.75, 3.05) is 0 Å². The topological polar surface area (TPSA) is 49.4 Å². The van der Waals surface area contributed by atoms with E-state index in [1.54, 1.807) is 0 Å². The summed E-state index contributed by atoms with van der Waals surface area (Å²) >= 11 is 0.855. The minimum absolute atomic E-state index is 0.428. The second-order valence-corrected chi connectivity index (χ2v) is 15.5. The van der Waals surface area contributed by atoms with E-state index >= 15 is 35.1 Å². The van der Waals surface area contributed by atoms with Gasteiger partial charge in [-0.15, -0.1) is 0 Å². The van der Waals surface area contributed by atoms with Crippen LogP contribution in [0.25, 0.3) is 0 Å². The van der Waals surface area contributed by atoms with Crippen molar-refractivity contribution in [1.82, 2.24) is 0 Å². The van der Waals surface area contributed by atoms with Crippen LogP contribution in [0.5, 0.6) is 0 Å². The first kappa shape index (κ1) is 53.1. The Hall–Kier alpha value is -3.90. The summed E-state index contributed by atoms with van der Waals surface area (Å²) in [4.78, 5) is 10.8. The maximum Gasteiger partial charge on any atom is 0.460 e. The van der Waals surface area contributed by atoms with Gasteiger partial charge in [0.15, 0.2) is 0 Å². The third-order valence-electron chi connectivity index (χ3n) is 8.99. The SMILES string of the molecule is FC(F)(F)C(F)(F)C(F)(F)C1=C2C=CC(=N2)C(C(F)(F)C(F)(F)C(F)(F)F)=C2C=C(I)C(=N2)C(C(F)(F)C(F)(F)C(F)(F)F)=C2C=CC(=N2)C(C(F)(F)C(F)(F)C(F)(F)F)=C2N=C1C=C2I. The first-order valence-electron chi connectivity index (χ1n) is 15.9. The second-order valence-electron chi connectivity index (χ2n) is 13.2. The molecule has 0 fully saturated rings. The molecule has 5 aliphatic heterocycles. The Labute approximate surface area is 370 Å². The van der Waals surface area contributed by atoms with Gasteiger partial charge in [-0.25, -0.2) is 20.0 Å². The molecule has 5 rings (SSSR count). The largest absolute Gasteiger partial charge is 0.460 e. The summed E-state index contributed by atoms with van der Waals surface area (Å²) in [6.07, 6.45) is -32.9. The second kappa shape index (κ2) is 15.3. The molecule has 0 amide bonds. The molecule has 0 aromatic heterocycles. The van der Waals surface area contributed by atoms with E-state index in [4.69, 9.17) is 0 Å². The number of aliphatic imine (C=N–C) groups is 4. The molecule has 66 heavy (non-hydrogen) atoms. The first-order valence-corrected chi connectivity index (χ1v) is 18.1. The molecule has 5 heterocycles. The molecule has 364 valence electrons. The molecule has 0 aromatic carbocycles. The number of hydrogen-bond donors (Lipinski definition) is 0. The van der Waals surface area contributed by atoms with E-state index in [1.807, 2.05) is 0 Å². The zero-order valence-electron chi connectivity index (χ0n) is 29.6. The van der Waals surface area contributed by atoms with E-state index in [0.29, 0.717) is 45.2 Å². The Morgan fingerprint density at radius 3 is 1.00 bits per heavy atom. The van der Waals surface area contributed by atoms with Crippen molar-refractivity contribution in [3.05, 3.63) is 88.7 Å². The van der Waals surface area contributed by atoms with Crippen molar-refractivity contribution in [3.63, 3.8) is 0 Å². The highest BCUT2D eigenvalue weighted by atomic mass is 127. The number of alkyl halides is 28. The molecule has 34 heteroatoms. The quantitative estimate of drug-likeness (QED) is 0.172. The molecule has 0 saturated heterocycles. The van der Waals surface area contributed by atoms with Crippen LogP contribution in [0.3, 0.4) is 0 Å². The molecule has 8 bridgehead atoms. The van der Waals surface area contributed by atoms with E-state index < -0.39 is 184 Å². The maximum atomic E-state index is 15.8. The van der Waals surface area contributed by atoms with Crippen LogP contribution in [-0.2, 0) is 0 Å². The summed E-state index contributed by atoms with van der Waals surface area (Å²) in [5.74, 6) is -58.6. The minimum Gasteiger partial charge on any atom is -0.248 e. The highest BCUT2D eigenvalue weighted by molar-refractivity contribution is 14.1. The average Bonchev–Trinajstić information content (AvgIpc) is 3.92. The molecule has 0 unspecified atom stereocenters. The van der Waals surface area contributed by atoms with Crippen LogP contribution in [0.1, 0.15) is 0 Å². The molecule has 0 aliphatic carbocycles. The van der Waals surface area contributed by atoms with Gasteiger partial charge in [0.25, 0.3) is 0 Å². The zero-order chi connectivity index (χ0) is 51.2. The van der Waals surface area contributed by atoms with Crippen LogP contribution in [0.15, 0.2) is 109 Å². The predicted octanol–water partition coefficient (Wildman–Crippen LogP) is 13.9. The van der Waals surface area contributed by atoms with Gasteiger partial charge < -0.3 is 0 Å². The van der Waals surface area contributed by atoms with E-state index in [1.165, 1.54) is 0 Å². The lowest BCUT2D eigenvalue weighted by Crippen LogP contribution is -2.54. The fourth-order valence-corrected chi connectivity index (χ4v) is 7.16. The average molecular weight is 1230 g/mol. The predicted molar refractivity (Wildman–Crippen MR) is 184 cm³/mol.